The van der Waals surface area contributed by atoms with Gasteiger partial charge < -0.3 is 13.8 Å². The van der Waals surface area contributed by atoms with E-state index < -0.39 is 7.82 Å². The largest absolute Gasteiger partial charge is 0.584 e. The molecule has 1 atom stereocenters. The van der Waals surface area contributed by atoms with Crippen LogP contribution in [0.3, 0.4) is 0 Å². The quantitative estimate of drug-likeness (QED) is 0.568. The van der Waals surface area contributed by atoms with Crippen molar-refractivity contribution in [1.82, 2.24) is 0 Å². The van der Waals surface area contributed by atoms with Crippen molar-refractivity contribution in [3.8, 4) is 5.75 Å². The number of phosphoric acid groups is 1. The van der Waals surface area contributed by atoms with Crippen molar-refractivity contribution in [2.75, 3.05) is 13.2 Å². The number of phosphoric ester groups is 1. The minimum absolute atomic E-state index is 0.279. The van der Waals surface area contributed by atoms with Crippen LogP contribution in [0.25, 0.3) is 6.08 Å². The van der Waals surface area contributed by atoms with Gasteiger partial charge in [-0.3, -0.25) is 4.89 Å². The van der Waals surface area contributed by atoms with Gasteiger partial charge in [0.1, 0.15) is 5.75 Å². The lowest BCUT2D eigenvalue weighted by Crippen LogP contribution is -1.92. The molecule has 0 spiro atoms. The molecule has 2 rings (SSSR count). The highest BCUT2D eigenvalue weighted by Crippen LogP contribution is 2.44. The van der Waals surface area contributed by atoms with Crippen molar-refractivity contribution in [1.29, 1.82) is 0 Å². The fraction of sp³-hybridized carbons (Fsp3) is 0.222. The Balaban J connectivity index is 0.000000505. The Morgan fingerprint density at radius 1 is 0.958 bits per heavy atom. The van der Waals surface area contributed by atoms with Gasteiger partial charge in [0.2, 0.25) is 0 Å². The molecule has 5 nitrogen and oxygen atoms in total. The molecule has 2 aromatic rings. The lowest BCUT2D eigenvalue weighted by molar-refractivity contribution is 0.162. The summed E-state index contributed by atoms with van der Waals surface area (Å²) in [6.07, 6.45) is 2.73. The number of ether oxygens (including phenoxy) is 1. The monoisotopic (exact) mass is 350 g/mol. The molecule has 0 amide bonds. The summed E-state index contributed by atoms with van der Waals surface area (Å²) in [6.45, 7) is 5.67. The molecule has 0 bridgehead atoms. The zero-order valence-electron chi connectivity index (χ0n) is 13.9. The standard InChI is InChI=1S/C14H13O4P.C4H10O/c15-19(16,18-14-9-5-2-6-10-14)17-12-11-13-7-3-1-4-8-13;1-3-5-4-2/h1-12H,(H,15,16);3-4H2,1-2H3/b12-11+;. The predicted molar refractivity (Wildman–Crippen MR) is 95.6 cm³/mol. The number of hydrogen-bond acceptors (Lipinski definition) is 4. The highest BCUT2D eigenvalue weighted by Gasteiger charge is 2.22. The Labute approximate surface area is 143 Å². The summed E-state index contributed by atoms with van der Waals surface area (Å²) in [5, 5.41) is 0. The maximum absolute atomic E-state index is 11.6. The normalized spacial score (nSPS) is 12.8. The Morgan fingerprint density at radius 2 is 1.50 bits per heavy atom. The molecule has 1 N–H and O–H groups in total. The average Bonchev–Trinajstić information content (AvgIpc) is 2.57. The summed E-state index contributed by atoms with van der Waals surface area (Å²) in [4.78, 5) is 9.51. The van der Waals surface area contributed by atoms with E-state index in [4.69, 9.17) is 13.8 Å². The number of rotatable bonds is 7. The third-order valence-electron chi connectivity index (χ3n) is 2.63. The maximum atomic E-state index is 11.6. The van der Waals surface area contributed by atoms with Crippen molar-refractivity contribution < 1.29 is 23.2 Å². The minimum Gasteiger partial charge on any atom is -0.403 e. The van der Waals surface area contributed by atoms with Crippen LogP contribution in [0.2, 0.25) is 0 Å². The van der Waals surface area contributed by atoms with Crippen LogP contribution in [-0.2, 0) is 13.8 Å². The van der Waals surface area contributed by atoms with Crippen LogP contribution in [0.5, 0.6) is 5.75 Å². The van der Waals surface area contributed by atoms with Gasteiger partial charge in [-0.25, -0.2) is 4.57 Å². The van der Waals surface area contributed by atoms with Crippen molar-refractivity contribution in [3.63, 3.8) is 0 Å². The van der Waals surface area contributed by atoms with Crippen LogP contribution < -0.4 is 4.52 Å². The molecule has 0 fully saturated rings. The number of hydrogen-bond donors (Lipinski definition) is 1. The van der Waals surface area contributed by atoms with Gasteiger partial charge in [0.15, 0.2) is 0 Å². The Bertz CT molecular complexity index is 626. The van der Waals surface area contributed by atoms with Crippen LogP contribution in [0.4, 0.5) is 0 Å². The number of benzene rings is 2. The zero-order valence-corrected chi connectivity index (χ0v) is 14.8. The van der Waals surface area contributed by atoms with Crippen LogP contribution >= 0.6 is 7.82 Å². The Kier molecular flexibility index (Phi) is 9.54. The fourth-order valence-corrected chi connectivity index (χ4v) is 2.24. The lowest BCUT2D eigenvalue weighted by atomic mass is 10.2. The molecule has 0 radical (unpaired) electrons. The predicted octanol–water partition coefficient (Wildman–Crippen LogP) is 4.90. The molecule has 0 aromatic heterocycles. The Hall–Kier alpha value is -2.07. The molecule has 24 heavy (non-hydrogen) atoms. The van der Waals surface area contributed by atoms with Gasteiger partial charge >= 0.3 is 7.82 Å². The zero-order chi connectivity index (χ0) is 17.7. The van der Waals surface area contributed by atoms with Gasteiger partial charge in [0.05, 0.1) is 6.26 Å². The summed E-state index contributed by atoms with van der Waals surface area (Å²) in [5.41, 5.74) is 0.863. The van der Waals surface area contributed by atoms with E-state index in [1.165, 1.54) is 0 Å². The summed E-state index contributed by atoms with van der Waals surface area (Å²) >= 11 is 0. The van der Waals surface area contributed by atoms with Gasteiger partial charge in [-0.1, -0.05) is 48.5 Å². The van der Waals surface area contributed by atoms with Gasteiger partial charge in [0, 0.05) is 13.2 Å². The van der Waals surface area contributed by atoms with Crippen LogP contribution in [0.15, 0.2) is 66.9 Å². The topological polar surface area (TPSA) is 65.0 Å². The van der Waals surface area contributed by atoms with E-state index in [9.17, 15) is 9.46 Å². The molecule has 0 saturated heterocycles. The molecule has 130 valence electrons. The van der Waals surface area contributed by atoms with Gasteiger partial charge in [-0.15, -0.1) is 0 Å². The molecule has 0 aliphatic rings. The highest BCUT2D eigenvalue weighted by molar-refractivity contribution is 7.47. The smallest absolute Gasteiger partial charge is 0.403 e. The second kappa shape index (κ2) is 11.5. The summed E-state index contributed by atoms with van der Waals surface area (Å²) in [5.74, 6) is 0.279. The third-order valence-corrected chi connectivity index (χ3v) is 3.46. The maximum Gasteiger partial charge on any atom is 0.584 e. The molecule has 0 heterocycles. The first kappa shape index (κ1) is 20.0. The van der Waals surface area contributed by atoms with Gasteiger partial charge in [0.25, 0.3) is 0 Å². The van der Waals surface area contributed by atoms with Gasteiger partial charge in [-0.2, -0.15) is 0 Å². The minimum atomic E-state index is -4.14. The third kappa shape index (κ3) is 9.16. The summed E-state index contributed by atoms with van der Waals surface area (Å²) < 4.78 is 26.1. The molecule has 2 aromatic carbocycles. The second-order valence-corrected chi connectivity index (χ2v) is 5.80. The van der Waals surface area contributed by atoms with E-state index in [2.05, 4.69) is 0 Å². The summed E-state index contributed by atoms with van der Waals surface area (Å²) in [7, 11) is -4.14. The highest BCUT2D eigenvalue weighted by atomic mass is 31.2. The molecular weight excluding hydrogens is 327 g/mol. The lowest BCUT2D eigenvalue weighted by Gasteiger charge is -2.10. The first-order valence-electron chi connectivity index (χ1n) is 7.62. The molecule has 0 aliphatic carbocycles. The molecule has 1 unspecified atom stereocenters. The summed E-state index contributed by atoms with van der Waals surface area (Å²) in [6, 6.07) is 17.6. The van der Waals surface area contributed by atoms with E-state index >= 15 is 0 Å². The van der Waals surface area contributed by atoms with Gasteiger partial charge in [-0.05, 0) is 37.6 Å². The van der Waals surface area contributed by atoms with E-state index in [1.54, 1.807) is 36.4 Å². The second-order valence-electron chi connectivity index (χ2n) is 4.47. The van der Waals surface area contributed by atoms with E-state index in [0.29, 0.717) is 0 Å². The van der Waals surface area contributed by atoms with Crippen LogP contribution in [0, 0.1) is 0 Å². The van der Waals surface area contributed by atoms with Crippen molar-refractivity contribution in [3.05, 3.63) is 72.5 Å². The SMILES string of the molecule is CCOCC.O=P(O)(O/C=C/c1ccccc1)Oc1ccccc1. The molecule has 0 aliphatic heterocycles. The van der Waals surface area contributed by atoms with E-state index in [0.717, 1.165) is 25.0 Å². The van der Waals surface area contributed by atoms with E-state index in [-0.39, 0.29) is 5.75 Å². The van der Waals surface area contributed by atoms with Crippen LogP contribution in [-0.4, -0.2) is 18.1 Å². The van der Waals surface area contributed by atoms with Crippen molar-refractivity contribution in [2.24, 2.45) is 0 Å². The van der Waals surface area contributed by atoms with Crippen molar-refractivity contribution >= 4 is 13.9 Å². The number of para-hydroxylation sites is 1. The molecular formula is C18H23O5P. The fourth-order valence-electron chi connectivity index (χ4n) is 1.59. The Morgan fingerprint density at radius 3 is 2.00 bits per heavy atom. The molecule has 0 saturated carbocycles. The van der Waals surface area contributed by atoms with Crippen LogP contribution in [0.1, 0.15) is 19.4 Å². The first-order chi connectivity index (χ1) is 11.6. The average molecular weight is 350 g/mol. The molecule has 6 heteroatoms. The van der Waals surface area contributed by atoms with E-state index in [1.807, 2.05) is 44.2 Å². The first-order valence-corrected chi connectivity index (χ1v) is 9.12. The van der Waals surface area contributed by atoms with Crippen molar-refractivity contribution in [2.45, 2.75) is 13.8 Å².